The number of likely N-dealkylation sites (tertiary alicyclic amines) is 1. The molecule has 9 heteroatoms. The highest BCUT2D eigenvalue weighted by molar-refractivity contribution is 6.46. The van der Waals surface area contributed by atoms with Gasteiger partial charge in [-0.3, -0.25) is 9.59 Å². The number of alkyl halides is 3. The van der Waals surface area contributed by atoms with Gasteiger partial charge in [-0.25, -0.2) is 0 Å². The largest absolute Gasteiger partial charge is 0.507 e. The molecule has 0 bridgehead atoms. The van der Waals surface area contributed by atoms with Crippen molar-refractivity contribution in [3.8, 4) is 5.75 Å². The third-order valence-electron chi connectivity index (χ3n) is 6.35. The minimum atomic E-state index is -4.56. The van der Waals surface area contributed by atoms with E-state index in [1.54, 1.807) is 37.3 Å². The Hall–Kier alpha value is -4.01. The van der Waals surface area contributed by atoms with Crippen LogP contribution in [0.3, 0.4) is 0 Å². The van der Waals surface area contributed by atoms with Gasteiger partial charge in [0.2, 0.25) is 0 Å². The standard InChI is InChI=1S/C27H22F3NO5/c1-14-6-8-21(35-14)23-22(24(32)17-7-9-20-18(12-17)10-15(2)36-20)25(33)26(34)31(23)13-16-4-3-5-19(11-16)27(28,29)30/h3-9,11-12,15,23,32H,10,13H2,1-2H3/b24-22-. The summed E-state index contributed by atoms with van der Waals surface area (Å²) in [5.41, 5.74) is 0.320. The first-order valence-electron chi connectivity index (χ1n) is 11.3. The quantitative estimate of drug-likeness (QED) is 0.290. The molecular formula is C27H22F3NO5. The summed E-state index contributed by atoms with van der Waals surface area (Å²) in [6.07, 6.45) is -3.96. The lowest BCUT2D eigenvalue weighted by Gasteiger charge is -2.24. The zero-order valence-corrected chi connectivity index (χ0v) is 19.4. The summed E-state index contributed by atoms with van der Waals surface area (Å²) in [6.45, 7) is 3.31. The van der Waals surface area contributed by atoms with Crippen LogP contribution in [0.25, 0.3) is 5.76 Å². The van der Waals surface area contributed by atoms with Crippen molar-refractivity contribution < 1.29 is 37.0 Å². The summed E-state index contributed by atoms with van der Waals surface area (Å²) in [5, 5.41) is 11.2. The van der Waals surface area contributed by atoms with Gasteiger partial charge < -0.3 is 19.2 Å². The fraction of sp³-hybridized carbons (Fsp3) is 0.259. The number of carbonyl (C=O) groups is 2. The molecule has 5 rings (SSSR count). The van der Waals surface area contributed by atoms with Gasteiger partial charge in [-0.2, -0.15) is 13.2 Å². The average molecular weight is 497 g/mol. The van der Waals surface area contributed by atoms with Gasteiger partial charge in [0.1, 0.15) is 35.2 Å². The fourth-order valence-corrected chi connectivity index (χ4v) is 4.71. The number of hydrogen-bond acceptors (Lipinski definition) is 5. The van der Waals surface area contributed by atoms with E-state index >= 15 is 0 Å². The van der Waals surface area contributed by atoms with Crippen molar-refractivity contribution in [3.63, 3.8) is 0 Å². The molecule has 2 atom stereocenters. The van der Waals surface area contributed by atoms with Crippen LogP contribution in [0.15, 0.2) is 64.6 Å². The lowest BCUT2D eigenvalue weighted by molar-refractivity contribution is -0.140. The number of rotatable bonds is 4. The van der Waals surface area contributed by atoms with Crippen LogP contribution < -0.4 is 4.74 Å². The molecule has 3 heterocycles. The van der Waals surface area contributed by atoms with Gasteiger partial charge in [0.05, 0.1) is 11.1 Å². The number of nitrogens with zero attached hydrogens (tertiary/aromatic N) is 1. The second-order valence-electron chi connectivity index (χ2n) is 9.03. The van der Waals surface area contributed by atoms with Crippen LogP contribution in [0.2, 0.25) is 0 Å². The fourth-order valence-electron chi connectivity index (χ4n) is 4.71. The Morgan fingerprint density at radius 3 is 2.58 bits per heavy atom. The summed E-state index contributed by atoms with van der Waals surface area (Å²) < 4.78 is 51.1. The highest BCUT2D eigenvalue weighted by Gasteiger charge is 2.47. The molecule has 0 aliphatic carbocycles. The molecular weight excluding hydrogens is 475 g/mol. The summed E-state index contributed by atoms with van der Waals surface area (Å²) in [7, 11) is 0. The highest BCUT2D eigenvalue weighted by atomic mass is 19.4. The summed E-state index contributed by atoms with van der Waals surface area (Å²) in [5.74, 6) is -0.852. The number of fused-ring (bicyclic) bond motifs is 1. The number of benzene rings is 2. The molecule has 1 fully saturated rings. The molecule has 1 aromatic heterocycles. The van der Waals surface area contributed by atoms with E-state index < -0.39 is 29.5 Å². The van der Waals surface area contributed by atoms with Crippen molar-refractivity contribution in [3.05, 3.63) is 93.9 Å². The van der Waals surface area contributed by atoms with Gasteiger partial charge in [0.15, 0.2) is 0 Å². The van der Waals surface area contributed by atoms with Crippen LogP contribution in [0.1, 0.15) is 46.7 Å². The van der Waals surface area contributed by atoms with E-state index in [1.807, 2.05) is 6.92 Å². The smallest absolute Gasteiger partial charge is 0.416 e. The van der Waals surface area contributed by atoms with Crippen molar-refractivity contribution in [1.82, 2.24) is 4.90 Å². The van der Waals surface area contributed by atoms with Crippen molar-refractivity contribution in [1.29, 1.82) is 0 Å². The molecule has 6 nitrogen and oxygen atoms in total. The predicted molar refractivity (Wildman–Crippen MR) is 123 cm³/mol. The second kappa shape index (κ2) is 8.58. The lowest BCUT2D eigenvalue weighted by Crippen LogP contribution is -2.29. The Bertz CT molecular complexity index is 1400. The Labute approximate surface area is 204 Å². The molecule has 0 saturated carbocycles. The van der Waals surface area contributed by atoms with Crippen molar-refractivity contribution in [2.24, 2.45) is 0 Å². The van der Waals surface area contributed by atoms with Crippen LogP contribution >= 0.6 is 0 Å². The monoisotopic (exact) mass is 497 g/mol. The minimum Gasteiger partial charge on any atom is -0.507 e. The number of aryl methyl sites for hydroxylation is 1. The van der Waals surface area contributed by atoms with Gasteiger partial charge in [-0.05, 0) is 67.4 Å². The second-order valence-corrected chi connectivity index (χ2v) is 9.03. The molecule has 2 aromatic carbocycles. The average Bonchev–Trinajstić information content (AvgIpc) is 3.49. The van der Waals surface area contributed by atoms with Gasteiger partial charge in [0, 0.05) is 18.5 Å². The van der Waals surface area contributed by atoms with Crippen LogP contribution in [-0.4, -0.2) is 27.8 Å². The number of furan rings is 1. The van der Waals surface area contributed by atoms with E-state index in [2.05, 4.69) is 0 Å². The van der Waals surface area contributed by atoms with E-state index in [0.717, 1.165) is 22.6 Å². The van der Waals surface area contributed by atoms with Gasteiger partial charge in [-0.15, -0.1) is 0 Å². The molecule has 1 N–H and O–H groups in total. The first-order valence-corrected chi connectivity index (χ1v) is 11.3. The maximum absolute atomic E-state index is 13.2. The van der Waals surface area contributed by atoms with Gasteiger partial charge in [-0.1, -0.05) is 12.1 Å². The van der Waals surface area contributed by atoms with E-state index in [1.165, 1.54) is 12.1 Å². The normalized spacial score (nSPS) is 21.1. The number of hydrogen-bond donors (Lipinski definition) is 1. The number of carbonyl (C=O) groups excluding carboxylic acids is 2. The Kier molecular flexibility index (Phi) is 5.65. The molecule has 2 aliphatic rings. The number of ketones is 1. The molecule has 2 aliphatic heterocycles. The molecule has 0 radical (unpaired) electrons. The molecule has 3 aromatic rings. The molecule has 0 spiro atoms. The third-order valence-corrected chi connectivity index (χ3v) is 6.35. The van der Waals surface area contributed by atoms with Crippen LogP contribution in [-0.2, 0) is 28.7 Å². The highest BCUT2D eigenvalue weighted by Crippen LogP contribution is 2.42. The Morgan fingerprint density at radius 1 is 1.11 bits per heavy atom. The molecule has 2 unspecified atom stereocenters. The molecule has 1 amide bonds. The minimum absolute atomic E-state index is 0.0264. The molecule has 186 valence electrons. The zero-order valence-electron chi connectivity index (χ0n) is 19.4. The Balaban J connectivity index is 1.59. The van der Waals surface area contributed by atoms with Crippen LogP contribution in [0.5, 0.6) is 5.75 Å². The number of aliphatic hydroxyl groups excluding tert-OH is 1. The number of amides is 1. The summed E-state index contributed by atoms with van der Waals surface area (Å²) in [4.78, 5) is 27.4. The zero-order chi connectivity index (χ0) is 25.8. The maximum Gasteiger partial charge on any atom is 0.416 e. The van der Waals surface area contributed by atoms with E-state index in [-0.39, 0.29) is 35.3 Å². The van der Waals surface area contributed by atoms with Crippen molar-refractivity contribution >= 4 is 17.4 Å². The topological polar surface area (TPSA) is 80.0 Å². The Morgan fingerprint density at radius 2 is 1.89 bits per heavy atom. The van der Waals surface area contributed by atoms with E-state index in [9.17, 15) is 27.9 Å². The van der Waals surface area contributed by atoms with E-state index in [0.29, 0.717) is 23.5 Å². The first kappa shape index (κ1) is 23.7. The number of halogens is 3. The van der Waals surface area contributed by atoms with Crippen molar-refractivity contribution in [2.75, 3.05) is 0 Å². The first-order chi connectivity index (χ1) is 17.0. The molecule has 36 heavy (non-hydrogen) atoms. The summed E-state index contributed by atoms with van der Waals surface area (Å²) in [6, 6.07) is 11.7. The van der Waals surface area contributed by atoms with Gasteiger partial charge in [0.25, 0.3) is 11.7 Å². The predicted octanol–water partition coefficient (Wildman–Crippen LogP) is 5.55. The number of Topliss-reactive ketones (excluding diaryl/α,β-unsaturated/α-hetero) is 1. The number of ether oxygens (including phenoxy) is 1. The van der Waals surface area contributed by atoms with Crippen LogP contribution in [0, 0.1) is 6.92 Å². The van der Waals surface area contributed by atoms with Crippen LogP contribution in [0.4, 0.5) is 13.2 Å². The third kappa shape index (κ3) is 4.14. The maximum atomic E-state index is 13.2. The van der Waals surface area contributed by atoms with E-state index in [4.69, 9.17) is 9.15 Å². The van der Waals surface area contributed by atoms with Crippen molar-refractivity contribution in [2.45, 2.75) is 45.1 Å². The summed E-state index contributed by atoms with van der Waals surface area (Å²) >= 11 is 0. The SMILES string of the molecule is Cc1ccc(C2/C(=C(/O)c3ccc4c(c3)CC(C)O4)C(=O)C(=O)N2Cc2cccc(C(F)(F)F)c2)o1. The number of aliphatic hydroxyl groups is 1. The lowest BCUT2D eigenvalue weighted by atomic mass is 9.97. The molecule has 1 saturated heterocycles. The van der Waals surface area contributed by atoms with Gasteiger partial charge >= 0.3 is 6.18 Å².